The molecule has 0 saturated carbocycles. The molecule has 0 aliphatic carbocycles. The second kappa shape index (κ2) is 6.44. The Morgan fingerprint density at radius 3 is 2.76 bits per heavy atom. The number of hydrogen-bond acceptors (Lipinski definition) is 4. The molecule has 0 saturated heterocycles. The number of benzene rings is 1. The van der Waals surface area contributed by atoms with Crippen LogP contribution in [0.2, 0.25) is 0 Å². The highest BCUT2D eigenvalue weighted by Gasteiger charge is 2.13. The van der Waals surface area contributed by atoms with Crippen molar-refractivity contribution in [2.75, 3.05) is 0 Å². The molecule has 0 bridgehead atoms. The highest BCUT2D eigenvalue weighted by Crippen LogP contribution is 2.28. The summed E-state index contributed by atoms with van der Waals surface area (Å²) >= 11 is 4.35. The fourth-order valence-electron chi connectivity index (χ4n) is 1.73. The fraction of sp³-hybridized carbons (Fsp3) is 0.214. The summed E-state index contributed by atoms with van der Waals surface area (Å²) in [6, 6.07) is 4.95. The topological polar surface area (TPSA) is 72.2 Å². The van der Waals surface area contributed by atoms with Crippen LogP contribution in [-0.2, 0) is 0 Å². The number of rotatable bonds is 4. The van der Waals surface area contributed by atoms with E-state index < -0.39 is 5.97 Å². The van der Waals surface area contributed by atoms with Crippen molar-refractivity contribution in [1.29, 1.82) is 0 Å². The zero-order valence-electron chi connectivity index (χ0n) is 11.4. The number of halogens is 1. The van der Waals surface area contributed by atoms with E-state index in [2.05, 4.69) is 20.9 Å². The zero-order chi connectivity index (χ0) is 15.6. The first-order chi connectivity index (χ1) is 9.90. The first-order valence-electron chi connectivity index (χ1n) is 6.18. The quantitative estimate of drug-likeness (QED) is 0.894. The summed E-state index contributed by atoms with van der Waals surface area (Å²) in [6.07, 6.45) is 3.21. The highest BCUT2D eigenvalue weighted by molar-refractivity contribution is 9.10. The summed E-state index contributed by atoms with van der Waals surface area (Å²) in [5.74, 6) is -1.02. The van der Waals surface area contributed by atoms with Crippen LogP contribution in [0.5, 0.6) is 0 Å². The molecule has 1 aromatic heterocycles. The van der Waals surface area contributed by atoms with Gasteiger partial charge in [0.1, 0.15) is 0 Å². The molecule has 0 radical (unpaired) electrons. The van der Waals surface area contributed by atoms with Crippen LogP contribution in [0.3, 0.4) is 0 Å². The molecule has 0 aliphatic rings. The molecule has 0 atom stereocenters. The lowest BCUT2D eigenvalue weighted by molar-refractivity contribution is 0.0695. The van der Waals surface area contributed by atoms with E-state index in [9.17, 15) is 9.59 Å². The number of aromatic nitrogens is 2. The normalized spacial score (nSPS) is 10.9. The molecule has 21 heavy (non-hydrogen) atoms. The molecule has 1 aromatic carbocycles. The van der Waals surface area contributed by atoms with E-state index in [1.807, 2.05) is 13.8 Å². The molecule has 0 unspecified atom stereocenters. The van der Waals surface area contributed by atoms with Crippen LogP contribution in [0.25, 0.3) is 0 Å². The molecule has 2 rings (SSSR count). The second-order valence-corrected chi connectivity index (χ2v) is 6.50. The van der Waals surface area contributed by atoms with Gasteiger partial charge in [0.05, 0.1) is 5.56 Å². The van der Waals surface area contributed by atoms with Gasteiger partial charge in [-0.15, -0.1) is 0 Å². The number of carboxylic acid groups (broad SMARTS) is 1. The van der Waals surface area contributed by atoms with Gasteiger partial charge in [-0.3, -0.25) is 4.79 Å². The van der Waals surface area contributed by atoms with Crippen molar-refractivity contribution in [3.05, 3.63) is 51.0 Å². The molecular weight excluding hydrogens is 356 g/mol. The first kappa shape index (κ1) is 15.8. The van der Waals surface area contributed by atoms with Gasteiger partial charge in [0.2, 0.25) is 0 Å². The minimum Gasteiger partial charge on any atom is -0.478 e. The molecule has 2 aromatic rings. The van der Waals surface area contributed by atoms with Gasteiger partial charge < -0.3 is 9.67 Å². The van der Waals surface area contributed by atoms with E-state index in [0.29, 0.717) is 14.4 Å². The number of carboxylic acids is 1. The predicted octanol–water partition coefficient (Wildman–Crippen LogP) is 3.44. The van der Waals surface area contributed by atoms with Crippen molar-refractivity contribution in [2.45, 2.75) is 29.8 Å². The number of hydrogen-bond donors (Lipinski definition) is 1. The van der Waals surface area contributed by atoms with Crippen LogP contribution < -0.4 is 5.56 Å². The van der Waals surface area contributed by atoms with E-state index in [-0.39, 0.29) is 17.2 Å². The minimum atomic E-state index is -1.02. The Hall–Kier alpha value is -1.60. The van der Waals surface area contributed by atoms with E-state index in [0.717, 1.165) is 11.8 Å². The largest absolute Gasteiger partial charge is 0.478 e. The Balaban J connectivity index is 2.39. The Morgan fingerprint density at radius 2 is 2.14 bits per heavy atom. The maximum atomic E-state index is 12.3. The summed E-state index contributed by atoms with van der Waals surface area (Å²) in [4.78, 5) is 28.1. The molecule has 110 valence electrons. The maximum absolute atomic E-state index is 12.3. The standard InChI is InChI=1S/C14H13BrN2O3S/c1-8(2)17-6-5-16-12(13(17)18)21-9-3-4-11(15)10(7-9)14(19)20/h3-8H,1-2H3,(H,19,20). The Labute approximate surface area is 134 Å². The third-order valence-electron chi connectivity index (χ3n) is 2.78. The summed E-state index contributed by atoms with van der Waals surface area (Å²) in [5.41, 5.74) is -0.0302. The average Bonchev–Trinajstić information content (AvgIpc) is 2.42. The van der Waals surface area contributed by atoms with Gasteiger partial charge in [-0.1, -0.05) is 11.8 Å². The van der Waals surface area contributed by atoms with E-state index in [1.165, 1.54) is 6.07 Å². The monoisotopic (exact) mass is 368 g/mol. The number of carbonyl (C=O) groups is 1. The van der Waals surface area contributed by atoms with Crippen molar-refractivity contribution in [1.82, 2.24) is 9.55 Å². The minimum absolute atomic E-state index is 0.0411. The van der Waals surface area contributed by atoms with Crippen LogP contribution in [0.15, 0.2) is 49.8 Å². The molecule has 0 spiro atoms. The van der Waals surface area contributed by atoms with E-state index >= 15 is 0 Å². The molecule has 0 fully saturated rings. The first-order valence-corrected chi connectivity index (χ1v) is 7.79. The molecule has 5 nitrogen and oxygen atoms in total. The summed E-state index contributed by atoms with van der Waals surface area (Å²) in [7, 11) is 0. The van der Waals surface area contributed by atoms with Gasteiger partial charge in [0, 0.05) is 27.8 Å². The van der Waals surface area contributed by atoms with E-state index in [1.54, 1.807) is 29.1 Å². The molecule has 0 amide bonds. The summed E-state index contributed by atoms with van der Waals surface area (Å²) in [6.45, 7) is 3.83. The highest BCUT2D eigenvalue weighted by atomic mass is 79.9. The smallest absolute Gasteiger partial charge is 0.336 e. The van der Waals surface area contributed by atoms with Gasteiger partial charge in [0.25, 0.3) is 5.56 Å². The lowest BCUT2D eigenvalue weighted by Gasteiger charge is -2.10. The fourth-order valence-corrected chi connectivity index (χ4v) is 2.98. The van der Waals surface area contributed by atoms with Crippen LogP contribution in [0, 0.1) is 0 Å². The molecule has 0 aliphatic heterocycles. The summed E-state index contributed by atoms with van der Waals surface area (Å²) < 4.78 is 2.09. The van der Waals surface area contributed by atoms with Gasteiger partial charge >= 0.3 is 5.97 Å². The van der Waals surface area contributed by atoms with Crippen LogP contribution in [-0.4, -0.2) is 20.6 Å². The molecule has 1 N–H and O–H groups in total. The van der Waals surface area contributed by atoms with Gasteiger partial charge in [-0.25, -0.2) is 9.78 Å². The Bertz CT molecular complexity index is 743. The predicted molar refractivity (Wildman–Crippen MR) is 84.1 cm³/mol. The number of aromatic carboxylic acids is 1. The lowest BCUT2D eigenvalue weighted by Crippen LogP contribution is -2.23. The Morgan fingerprint density at radius 1 is 1.43 bits per heavy atom. The molecule has 7 heteroatoms. The van der Waals surface area contributed by atoms with Crippen molar-refractivity contribution in [3.8, 4) is 0 Å². The number of nitrogens with zero attached hydrogens (tertiary/aromatic N) is 2. The van der Waals surface area contributed by atoms with Gasteiger partial charge in [0.15, 0.2) is 5.03 Å². The van der Waals surface area contributed by atoms with Crippen LogP contribution in [0.1, 0.15) is 30.2 Å². The lowest BCUT2D eigenvalue weighted by atomic mass is 10.2. The van der Waals surface area contributed by atoms with Crippen molar-refractivity contribution < 1.29 is 9.90 Å². The van der Waals surface area contributed by atoms with Crippen LogP contribution in [0.4, 0.5) is 0 Å². The second-order valence-electron chi connectivity index (χ2n) is 4.59. The Kier molecular flexibility index (Phi) is 4.84. The van der Waals surface area contributed by atoms with Crippen LogP contribution >= 0.6 is 27.7 Å². The van der Waals surface area contributed by atoms with Gasteiger partial charge in [-0.05, 0) is 48.0 Å². The van der Waals surface area contributed by atoms with E-state index in [4.69, 9.17) is 5.11 Å². The molecular formula is C14H13BrN2O3S. The van der Waals surface area contributed by atoms with Crippen molar-refractivity contribution in [2.24, 2.45) is 0 Å². The third kappa shape index (κ3) is 3.54. The average molecular weight is 369 g/mol. The third-order valence-corrected chi connectivity index (χ3v) is 4.43. The van der Waals surface area contributed by atoms with Gasteiger partial charge in [-0.2, -0.15) is 0 Å². The van der Waals surface area contributed by atoms with Crippen molar-refractivity contribution in [3.63, 3.8) is 0 Å². The SMILES string of the molecule is CC(C)n1ccnc(Sc2ccc(Br)c(C(=O)O)c2)c1=O. The summed E-state index contributed by atoms with van der Waals surface area (Å²) in [5, 5.41) is 9.43. The molecule has 1 heterocycles. The van der Waals surface area contributed by atoms with Crippen molar-refractivity contribution >= 4 is 33.7 Å². The maximum Gasteiger partial charge on any atom is 0.336 e. The zero-order valence-corrected chi connectivity index (χ0v) is 13.8.